The third-order valence-electron chi connectivity index (χ3n) is 17.4. The summed E-state index contributed by atoms with van der Waals surface area (Å²) in [4.78, 5) is 13.4. The lowest BCUT2D eigenvalue weighted by atomic mass is 9.96. The highest BCUT2D eigenvalue weighted by molar-refractivity contribution is 5.76. The van der Waals surface area contributed by atoms with Gasteiger partial charge in [0.2, 0.25) is 5.91 Å². The minimum absolute atomic E-state index is 0.236. The number of ether oxygens (including phenoxy) is 6. The summed E-state index contributed by atoms with van der Waals surface area (Å²) < 4.78 is 34.4. The number of hydrogen-bond acceptors (Lipinski definition) is 18. The molecule has 12 N–H and O–H groups in total. The topological polar surface area (TPSA) is 307 Å². The Morgan fingerprint density at radius 1 is 0.386 bits per heavy atom. The van der Waals surface area contributed by atoms with Crippen molar-refractivity contribution in [1.29, 1.82) is 0 Å². The van der Waals surface area contributed by atoms with Gasteiger partial charge in [0, 0.05) is 6.42 Å². The van der Waals surface area contributed by atoms with Gasteiger partial charge in [-0.3, -0.25) is 4.79 Å². The van der Waals surface area contributed by atoms with Gasteiger partial charge in [0.05, 0.1) is 38.6 Å². The fourth-order valence-electron chi connectivity index (χ4n) is 11.9. The Bertz CT molecular complexity index is 1520. The van der Waals surface area contributed by atoms with E-state index in [2.05, 4.69) is 19.2 Å². The first kappa shape index (κ1) is 76.0. The van der Waals surface area contributed by atoms with Crippen molar-refractivity contribution in [3.8, 4) is 0 Å². The zero-order valence-electron chi connectivity index (χ0n) is 51.7. The summed E-state index contributed by atoms with van der Waals surface area (Å²) >= 11 is 0. The van der Waals surface area contributed by atoms with Gasteiger partial charge in [0.1, 0.15) is 73.2 Å². The summed E-state index contributed by atoms with van der Waals surface area (Å²) in [7, 11) is 0. The number of hydrogen-bond donors (Lipinski definition) is 12. The molecule has 0 aromatic heterocycles. The number of rotatable bonds is 52. The molecule has 17 unspecified atom stereocenters. The molecule has 0 aromatic rings. The lowest BCUT2D eigenvalue weighted by Crippen LogP contribution is -2.66. The van der Waals surface area contributed by atoms with Crippen LogP contribution in [-0.2, 0) is 33.2 Å². The van der Waals surface area contributed by atoms with Crippen molar-refractivity contribution in [2.75, 3.05) is 26.4 Å². The molecule has 3 aliphatic heterocycles. The van der Waals surface area contributed by atoms with Crippen LogP contribution in [0.1, 0.15) is 271 Å². The molecule has 3 aliphatic rings. The van der Waals surface area contributed by atoms with Crippen LogP contribution in [0.15, 0.2) is 0 Å². The molecule has 0 bridgehead atoms. The molecule has 3 fully saturated rings. The molecule has 19 nitrogen and oxygen atoms in total. The number of aliphatic hydroxyl groups excluding tert-OH is 11. The van der Waals surface area contributed by atoms with Crippen molar-refractivity contribution in [2.24, 2.45) is 0 Å². The molecule has 0 spiro atoms. The van der Waals surface area contributed by atoms with Crippen molar-refractivity contribution < 1.29 is 89.4 Å². The maximum absolute atomic E-state index is 13.4. The van der Waals surface area contributed by atoms with Crippen molar-refractivity contribution >= 4 is 5.91 Å². The van der Waals surface area contributed by atoms with E-state index in [4.69, 9.17) is 28.4 Å². The second kappa shape index (κ2) is 47.7. The normalized spacial score (nSPS) is 29.3. The Labute approximate surface area is 500 Å². The monoisotopic (exact) mass is 1190 g/mol. The highest BCUT2D eigenvalue weighted by Gasteiger charge is 2.53. The molecule has 0 radical (unpaired) electrons. The van der Waals surface area contributed by atoms with Crippen LogP contribution in [0.2, 0.25) is 0 Å². The fourth-order valence-corrected chi connectivity index (χ4v) is 11.9. The van der Waals surface area contributed by atoms with Gasteiger partial charge in [-0.05, 0) is 12.8 Å². The maximum atomic E-state index is 13.4. The quantitative estimate of drug-likeness (QED) is 0.0257. The minimum Gasteiger partial charge on any atom is -0.394 e. The zero-order chi connectivity index (χ0) is 60.5. The van der Waals surface area contributed by atoms with Crippen LogP contribution in [0.4, 0.5) is 0 Å². The van der Waals surface area contributed by atoms with Crippen LogP contribution in [0.25, 0.3) is 0 Å². The highest BCUT2D eigenvalue weighted by atomic mass is 16.8. The van der Waals surface area contributed by atoms with E-state index < -0.39 is 124 Å². The summed E-state index contributed by atoms with van der Waals surface area (Å²) in [6.07, 6.45) is 21.8. The Kier molecular flexibility index (Phi) is 43.7. The number of amides is 1. The molecule has 492 valence electrons. The largest absolute Gasteiger partial charge is 0.394 e. The second-order valence-electron chi connectivity index (χ2n) is 24.7. The van der Waals surface area contributed by atoms with E-state index in [0.29, 0.717) is 12.8 Å². The molecular weight excluding hydrogens is 1070 g/mol. The van der Waals surface area contributed by atoms with Crippen molar-refractivity contribution in [1.82, 2.24) is 5.32 Å². The predicted octanol–water partition coefficient (Wildman–Crippen LogP) is 7.94. The number of carbonyl (C=O) groups is 1. The Hall–Kier alpha value is -1.21. The average Bonchev–Trinajstić information content (AvgIpc) is 3.43. The smallest absolute Gasteiger partial charge is 0.220 e. The van der Waals surface area contributed by atoms with Gasteiger partial charge in [0.15, 0.2) is 18.9 Å². The second-order valence-corrected chi connectivity index (χ2v) is 24.7. The van der Waals surface area contributed by atoms with Gasteiger partial charge >= 0.3 is 0 Å². The van der Waals surface area contributed by atoms with Gasteiger partial charge in [-0.2, -0.15) is 0 Å². The molecule has 0 saturated carbocycles. The van der Waals surface area contributed by atoms with Crippen LogP contribution >= 0.6 is 0 Å². The van der Waals surface area contributed by atoms with Crippen LogP contribution in [0, 0.1) is 0 Å². The van der Waals surface area contributed by atoms with Crippen LogP contribution < -0.4 is 5.32 Å². The molecule has 17 atom stereocenters. The SMILES string of the molecule is CCCCCCCCCCCCCCCCCCCCCCCCC(=O)NC(COC1OC(CO)C(OC2OC(CO)C(OC3OC(CO)C(O)C(O)C3O)C(O)C2O)C(O)C1O)C(O)CCCCCCCCCCCCCCCCCC. The van der Waals surface area contributed by atoms with E-state index in [9.17, 15) is 61.0 Å². The van der Waals surface area contributed by atoms with Gasteiger partial charge < -0.3 is 89.9 Å². The summed E-state index contributed by atoms with van der Waals surface area (Å²) in [6, 6.07) is -0.881. The molecule has 3 rings (SSSR count). The Balaban J connectivity index is 1.44. The molecule has 0 aliphatic carbocycles. The van der Waals surface area contributed by atoms with Crippen molar-refractivity contribution in [2.45, 2.75) is 375 Å². The van der Waals surface area contributed by atoms with Gasteiger partial charge in [-0.25, -0.2) is 0 Å². The number of nitrogens with one attached hydrogen (secondary N) is 1. The van der Waals surface area contributed by atoms with Gasteiger partial charge in [0.25, 0.3) is 0 Å². The first-order valence-corrected chi connectivity index (χ1v) is 33.8. The summed E-state index contributed by atoms with van der Waals surface area (Å²) in [5.41, 5.74) is 0. The number of unbranched alkanes of at least 4 members (excludes halogenated alkanes) is 36. The lowest BCUT2D eigenvalue weighted by molar-refractivity contribution is -0.379. The van der Waals surface area contributed by atoms with Crippen molar-refractivity contribution in [3.05, 3.63) is 0 Å². The third-order valence-corrected chi connectivity index (χ3v) is 17.4. The lowest BCUT2D eigenvalue weighted by Gasteiger charge is -2.48. The number of carbonyl (C=O) groups excluding carboxylic acids is 1. The molecule has 1 amide bonds. The maximum Gasteiger partial charge on any atom is 0.220 e. The molecule has 19 heteroatoms. The fraction of sp³-hybridized carbons (Fsp3) is 0.984. The molecule has 0 aromatic carbocycles. The van der Waals surface area contributed by atoms with E-state index in [0.717, 1.165) is 44.9 Å². The van der Waals surface area contributed by atoms with Crippen molar-refractivity contribution in [3.63, 3.8) is 0 Å². The van der Waals surface area contributed by atoms with Crippen LogP contribution in [-0.4, -0.2) is 193 Å². The van der Waals surface area contributed by atoms with E-state index in [1.54, 1.807) is 0 Å². The summed E-state index contributed by atoms with van der Waals surface area (Å²) in [5, 5.41) is 121. The van der Waals surface area contributed by atoms with Gasteiger partial charge in [-0.1, -0.05) is 251 Å². The van der Waals surface area contributed by atoms with Gasteiger partial charge in [-0.15, -0.1) is 0 Å². The molecule has 83 heavy (non-hydrogen) atoms. The van der Waals surface area contributed by atoms with E-state index in [1.807, 2.05) is 0 Å². The summed E-state index contributed by atoms with van der Waals surface area (Å²) in [5.74, 6) is -0.236. The predicted molar refractivity (Wildman–Crippen MR) is 319 cm³/mol. The molecule has 3 saturated heterocycles. The van der Waals surface area contributed by atoms with Crippen LogP contribution in [0.5, 0.6) is 0 Å². The molecule has 3 heterocycles. The molecular formula is C64H123NO18. The first-order chi connectivity index (χ1) is 40.3. The Morgan fingerprint density at radius 3 is 1.05 bits per heavy atom. The minimum atomic E-state index is -1.97. The van der Waals surface area contributed by atoms with Crippen LogP contribution in [0.3, 0.4) is 0 Å². The standard InChI is InChI=1S/C64H123NO18/c1-3-5-7-9-11-13-15-17-19-21-22-23-24-25-26-28-30-32-34-36-38-40-42-52(70)65-47(48(69)41-39-37-35-33-31-29-27-20-18-16-14-12-10-8-6-4-2)46-78-62-58(76)55(73)60(50(44-67)80-62)83-64-59(77)56(74)61(51(45-68)81-64)82-63-57(75)54(72)53(71)49(43-66)79-63/h47-51,53-64,66-69,71-77H,3-46H2,1-2H3,(H,65,70). The summed E-state index contributed by atoms with van der Waals surface area (Å²) in [6.45, 7) is 1.83. The third kappa shape index (κ3) is 30.7. The zero-order valence-corrected chi connectivity index (χ0v) is 51.7. The Morgan fingerprint density at radius 2 is 0.687 bits per heavy atom. The van der Waals surface area contributed by atoms with E-state index >= 15 is 0 Å². The first-order valence-electron chi connectivity index (χ1n) is 33.8. The average molecular weight is 1190 g/mol. The van der Waals surface area contributed by atoms with E-state index in [1.165, 1.54) is 193 Å². The highest BCUT2D eigenvalue weighted by Crippen LogP contribution is 2.33. The number of aliphatic hydroxyl groups is 11. The van der Waals surface area contributed by atoms with E-state index in [-0.39, 0.29) is 18.9 Å².